The first-order valence-corrected chi connectivity index (χ1v) is 6.23. The fourth-order valence-electron chi connectivity index (χ4n) is 1.81. The highest BCUT2D eigenvalue weighted by atomic mass is 32.1. The minimum atomic E-state index is 0.336. The molecule has 3 nitrogen and oxygen atoms in total. The molecule has 0 bridgehead atoms. The number of hydrogen-bond acceptors (Lipinski definition) is 3. The standard InChI is InChI=1S/C12H17N3S/c1-8-7-15(12(13-4)14-8)10(3)11-6-5-9(2)16-11/h5-7,10H,1-4H3,(H,13,14). The largest absolute Gasteiger partial charge is 0.359 e. The van der Waals surface area contributed by atoms with Gasteiger partial charge in [-0.1, -0.05) is 0 Å². The van der Waals surface area contributed by atoms with E-state index in [-0.39, 0.29) is 0 Å². The second-order valence-corrected chi connectivity index (χ2v) is 5.31. The molecule has 0 fully saturated rings. The Morgan fingerprint density at radius 3 is 2.69 bits per heavy atom. The number of nitrogens with one attached hydrogen (secondary N) is 1. The summed E-state index contributed by atoms with van der Waals surface area (Å²) in [7, 11) is 1.91. The summed E-state index contributed by atoms with van der Waals surface area (Å²) in [6.07, 6.45) is 2.09. The third kappa shape index (κ3) is 1.97. The maximum Gasteiger partial charge on any atom is 0.203 e. The zero-order valence-electron chi connectivity index (χ0n) is 10.1. The van der Waals surface area contributed by atoms with Crippen molar-refractivity contribution in [1.82, 2.24) is 9.55 Å². The monoisotopic (exact) mass is 235 g/mol. The van der Waals surface area contributed by atoms with Crippen molar-refractivity contribution in [3.8, 4) is 0 Å². The van der Waals surface area contributed by atoms with Crippen molar-refractivity contribution in [1.29, 1.82) is 0 Å². The number of aryl methyl sites for hydroxylation is 2. The first kappa shape index (κ1) is 11.2. The highest BCUT2D eigenvalue weighted by molar-refractivity contribution is 7.12. The molecule has 2 rings (SSSR count). The van der Waals surface area contributed by atoms with Gasteiger partial charge in [0.2, 0.25) is 5.95 Å². The average molecular weight is 235 g/mol. The topological polar surface area (TPSA) is 29.9 Å². The molecule has 0 amide bonds. The summed E-state index contributed by atoms with van der Waals surface area (Å²) in [5, 5.41) is 3.13. The quantitative estimate of drug-likeness (QED) is 0.885. The number of hydrogen-bond donors (Lipinski definition) is 1. The molecule has 0 radical (unpaired) electrons. The Labute approximate surface area is 100 Å². The van der Waals surface area contributed by atoms with E-state index in [1.165, 1.54) is 9.75 Å². The molecule has 1 N–H and O–H groups in total. The number of aromatic nitrogens is 2. The molecule has 0 aliphatic rings. The third-order valence-corrected chi connectivity index (χ3v) is 3.84. The first-order valence-electron chi connectivity index (χ1n) is 5.41. The van der Waals surface area contributed by atoms with E-state index >= 15 is 0 Å². The molecule has 16 heavy (non-hydrogen) atoms. The van der Waals surface area contributed by atoms with E-state index in [1.54, 1.807) is 0 Å². The minimum Gasteiger partial charge on any atom is -0.359 e. The Hall–Kier alpha value is -1.29. The normalized spacial score (nSPS) is 12.8. The van der Waals surface area contributed by atoms with Crippen LogP contribution in [0.1, 0.15) is 28.4 Å². The smallest absolute Gasteiger partial charge is 0.203 e. The van der Waals surface area contributed by atoms with Gasteiger partial charge >= 0.3 is 0 Å². The van der Waals surface area contributed by atoms with Crippen molar-refractivity contribution in [3.05, 3.63) is 33.8 Å². The van der Waals surface area contributed by atoms with Crippen LogP contribution in [0.15, 0.2) is 18.3 Å². The van der Waals surface area contributed by atoms with Crippen molar-refractivity contribution in [2.75, 3.05) is 12.4 Å². The number of nitrogens with zero attached hydrogens (tertiary/aromatic N) is 2. The summed E-state index contributed by atoms with van der Waals surface area (Å²) in [6.45, 7) is 6.36. The van der Waals surface area contributed by atoms with Crippen LogP contribution in [0.5, 0.6) is 0 Å². The highest BCUT2D eigenvalue weighted by Crippen LogP contribution is 2.28. The molecule has 2 heterocycles. The van der Waals surface area contributed by atoms with Gasteiger partial charge in [0.1, 0.15) is 0 Å². The summed E-state index contributed by atoms with van der Waals surface area (Å²) >= 11 is 1.84. The Morgan fingerprint density at radius 1 is 1.38 bits per heavy atom. The molecule has 2 aromatic rings. The fraction of sp³-hybridized carbons (Fsp3) is 0.417. The molecular weight excluding hydrogens is 218 g/mol. The van der Waals surface area contributed by atoms with Crippen molar-refractivity contribution >= 4 is 17.3 Å². The van der Waals surface area contributed by atoms with E-state index in [0.29, 0.717) is 6.04 Å². The first-order chi connectivity index (χ1) is 7.61. The van der Waals surface area contributed by atoms with Crippen molar-refractivity contribution in [2.24, 2.45) is 0 Å². The summed E-state index contributed by atoms with van der Waals surface area (Å²) < 4.78 is 2.18. The van der Waals surface area contributed by atoms with Gasteiger partial charge in [-0.3, -0.25) is 0 Å². The number of thiophene rings is 1. The van der Waals surface area contributed by atoms with Gasteiger partial charge < -0.3 is 9.88 Å². The van der Waals surface area contributed by atoms with Crippen LogP contribution in [-0.4, -0.2) is 16.6 Å². The lowest BCUT2D eigenvalue weighted by molar-refractivity contribution is 0.656. The summed E-state index contributed by atoms with van der Waals surface area (Å²) in [4.78, 5) is 7.16. The van der Waals surface area contributed by atoms with Gasteiger partial charge in [0, 0.05) is 23.0 Å². The maximum absolute atomic E-state index is 4.44. The summed E-state index contributed by atoms with van der Waals surface area (Å²) in [5.41, 5.74) is 1.05. The number of anilines is 1. The Morgan fingerprint density at radius 2 is 2.12 bits per heavy atom. The van der Waals surface area contributed by atoms with Crippen molar-refractivity contribution in [3.63, 3.8) is 0 Å². The Balaban J connectivity index is 2.36. The molecule has 0 spiro atoms. The van der Waals surface area contributed by atoms with Gasteiger partial charge in [-0.2, -0.15) is 0 Å². The van der Waals surface area contributed by atoms with E-state index < -0.39 is 0 Å². The maximum atomic E-state index is 4.44. The lowest BCUT2D eigenvalue weighted by Gasteiger charge is -2.14. The molecule has 86 valence electrons. The lowest BCUT2D eigenvalue weighted by Crippen LogP contribution is -2.08. The molecule has 0 aromatic carbocycles. The molecule has 2 aromatic heterocycles. The predicted molar refractivity (Wildman–Crippen MR) is 69.4 cm³/mol. The van der Waals surface area contributed by atoms with E-state index in [4.69, 9.17) is 0 Å². The van der Waals surface area contributed by atoms with Crippen LogP contribution in [0.4, 0.5) is 5.95 Å². The highest BCUT2D eigenvalue weighted by Gasteiger charge is 2.14. The summed E-state index contributed by atoms with van der Waals surface area (Å²) in [5.74, 6) is 0.927. The second kappa shape index (κ2) is 4.29. The molecule has 1 unspecified atom stereocenters. The van der Waals surface area contributed by atoms with Gasteiger partial charge in [-0.25, -0.2) is 4.98 Å². The fourth-order valence-corrected chi connectivity index (χ4v) is 2.74. The molecule has 4 heteroatoms. The molecule has 0 saturated heterocycles. The number of rotatable bonds is 3. The van der Waals surface area contributed by atoms with E-state index in [0.717, 1.165) is 11.6 Å². The van der Waals surface area contributed by atoms with Crippen LogP contribution in [0, 0.1) is 13.8 Å². The Bertz CT molecular complexity index is 484. The SMILES string of the molecule is CNc1nc(C)cn1C(C)c1ccc(C)s1. The van der Waals surface area contributed by atoms with Crippen LogP contribution in [0.3, 0.4) is 0 Å². The molecular formula is C12H17N3S. The average Bonchev–Trinajstić information content (AvgIpc) is 2.83. The van der Waals surface area contributed by atoms with Crippen LogP contribution >= 0.6 is 11.3 Å². The zero-order chi connectivity index (χ0) is 11.7. The zero-order valence-corrected chi connectivity index (χ0v) is 10.9. The molecule has 0 aliphatic heterocycles. The third-order valence-electron chi connectivity index (χ3n) is 2.67. The molecule has 0 aliphatic carbocycles. The lowest BCUT2D eigenvalue weighted by atomic mass is 10.2. The van der Waals surface area contributed by atoms with Crippen molar-refractivity contribution in [2.45, 2.75) is 26.8 Å². The van der Waals surface area contributed by atoms with E-state index in [9.17, 15) is 0 Å². The van der Waals surface area contributed by atoms with Gasteiger partial charge in [0.25, 0.3) is 0 Å². The number of imidazole rings is 1. The van der Waals surface area contributed by atoms with Crippen LogP contribution in [0.25, 0.3) is 0 Å². The second-order valence-electron chi connectivity index (χ2n) is 3.99. The van der Waals surface area contributed by atoms with Gasteiger partial charge in [0.15, 0.2) is 0 Å². The summed E-state index contributed by atoms with van der Waals surface area (Å²) in [6, 6.07) is 4.70. The van der Waals surface area contributed by atoms with Crippen LogP contribution in [-0.2, 0) is 0 Å². The van der Waals surface area contributed by atoms with Gasteiger partial charge in [-0.05, 0) is 32.9 Å². The predicted octanol–water partition coefficient (Wildman–Crippen LogP) is 3.21. The van der Waals surface area contributed by atoms with Gasteiger partial charge in [0.05, 0.1) is 11.7 Å². The van der Waals surface area contributed by atoms with Crippen LogP contribution in [0.2, 0.25) is 0 Å². The van der Waals surface area contributed by atoms with Crippen LogP contribution < -0.4 is 5.32 Å². The molecule has 1 atom stereocenters. The van der Waals surface area contributed by atoms with E-state index in [1.807, 2.05) is 25.3 Å². The van der Waals surface area contributed by atoms with Crippen molar-refractivity contribution < 1.29 is 0 Å². The van der Waals surface area contributed by atoms with Gasteiger partial charge in [-0.15, -0.1) is 11.3 Å². The Kier molecular flexibility index (Phi) is 3.01. The van der Waals surface area contributed by atoms with E-state index in [2.05, 4.69) is 47.0 Å². The minimum absolute atomic E-state index is 0.336. The molecule has 0 saturated carbocycles.